The number of nitrogens with one attached hydrogen (secondary N) is 1. The number of anilines is 1. The molecule has 2 N–H and O–H groups in total. The van der Waals surface area contributed by atoms with Crippen LogP contribution in [-0.2, 0) is 0 Å². The molecule has 0 fully saturated rings. The number of nitrogens with zero attached hydrogens (tertiary/aromatic N) is 2. The average molecular weight is 608 g/mol. The molecule has 5 nitrogen and oxygen atoms in total. The lowest BCUT2D eigenvalue weighted by molar-refractivity contribution is 0.232. The summed E-state index contributed by atoms with van der Waals surface area (Å²) in [5.74, 6) is 1.34. The van der Waals surface area contributed by atoms with E-state index in [1.54, 1.807) is 11.2 Å². The first-order chi connectivity index (χ1) is 22.6. The minimum Gasteiger partial charge on any atom is -0.507 e. The Morgan fingerprint density at radius 2 is 1.30 bits per heavy atom. The number of ether oxygens (including phenoxy) is 1. The quantitative estimate of drug-likeness (QED) is 0.148. The minimum atomic E-state index is 0.151. The van der Waals surface area contributed by atoms with Gasteiger partial charge in [0.25, 0.3) is 0 Å². The molecule has 0 spiro atoms. The summed E-state index contributed by atoms with van der Waals surface area (Å²) in [6.07, 6.45) is 6.61. The molecule has 0 aromatic heterocycles. The molecule has 0 saturated carbocycles. The number of benzene rings is 5. The lowest BCUT2D eigenvalue weighted by atomic mass is 10.0. The third-order valence-electron chi connectivity index (χ3n) is 8.51. The van der Waals surface area contributed by atoms with Crippen LogP contribution in [0, 0.1) is 5.92 Å². The number of hydrazine groups is 1. The zero-order valence-corrected chi connectivity index (χ0v) is 26.6. The molecule has 5 aromatic carbocycles. The van der Waals surface area contributed by atoms with Crippen LogP contribution in [0.5, 0.6) is 11.5 Å². The van der Waals surface area contributed by atoms with Crippen molar-refractivity contribution in [1.29, 1.82) is 0 Å². The van der Waals surface area contributed by atoms with Gasteiger partial charge in [-0.05, 0) is 64.9 Å². The minimum absolute atomic E-state index is 0.151. The summed E-state index contributed by atoms with van der Waals surface area (Å²) in [5, 5.41) is 18.0. The molecule has 1 atom stereocenters. The third kappa shape index (κ3) is 7.32. The van der Waals surface area contributed by atoms with Crippen molar-refractivity contribution in [3.8, 4) is 33.8 Å². The van der Waals surface area contributed by atoms with Gasteiger partial charge in [0.2, 0.25) is 0 Å². The summed E-state index contributed by atoms with van der Waals surface area (Å²) >= 11 is 0. The van der Waals surface area contributed by atoms with E-state index in [4.69, 9.17) is 9.84 Å². The highest BCUT2D eigenvalue weighted by atomic mass is 16.5. The molecule has 46 heavy (non-hydrogen) atoms. The Bertz CT molecular complexity index is 1780. The van der Waals surface area contributed by atoms with Crippen molar-refractivity contribution in [2.75, 3.05) is 11.7 Å². The van der Waals surface area contributed by atoms with Gasteiger partial charge in [0.15, 0.2) is 0 Å². The third-order valence-corrected chi connectivity index (χ3v) is 8.51. The van der Waals surface area contributed by atoms with Crippen molar-refractivity contribution in [3.05, 3.63) is 145 Å². The van der Waals surface area contributed by atoms with Gasteiger partial charge in [-0.15, -0.1) is 0 Å². The zero-order valence-electron chi connectivity index (χ0n) is 26.6. The number of phenolic OH excluding ortho intramolecular Hbond substituents is 1. The maximum atomic E-state index is 11.2. The number of rotatable bonds is 12. The molecule has 232 valence electrons. The highest BCUT2D eigenvalue weighted by molar-refractivity contribution is 6.13. The van der Waals surface area contributed by atoms with Crippen LogP contribution in [0.4, 0.5) is 5.69 Å². The Balaban J connectivity index is 1.29. The fourth-order valence-electron chi connectivity index (χ4n) is 5.68. The number of hydrogen-bond donors (Lipinski definition) is 2. The Morgan fingerprint density at radius 1 is 0.717 bits per heavy atom. The number of aromatic hydroxyl groups is 1. The lowest BCUT2D eigenvalue weighted by Crippen LogP contribution is -2.36. The number of allylic oxidation sites excluding steroid dienone is 1. The zero-order chi connectivity index (χ0) is 31.7. The number of hydrogen-bond acceptors (Lipinski definition) is 5. The smallest absolute Gasteiger partial charge is 0.128 e. The second kappa shape index (κ2) is 14.7. The first-order valence-electron chi connectivity index (χ1n) is 16.3. The van der Waals surface area contributed by atoms with Crippen molar-refractivity contribution >= 4 is 17.1 Å². The van der Waals surface area contributed by atoms with Crippen molar-refractivity contribution < 1.29 is 9.84 Å². The van der Waals surface area contributed by atoms with Crippen LogP contribution < -0.4 is 15.3 Å². The van der Waals surface area contributed by atoms with Gasteiger partial charge in [0.1, 0.15) is 11.5 Å². The van der Waals surface area contributed by atoms with Crippen LogP contribution in [0.1, 0.15) is 50.7 Å². The fraction of sp³-hybridized carbons (Fsp3) is 0.195. The molecule has 0 saturated heterocycles. The summed E-state index contributed by atoms with van der Waals surface area (Å²) in [7, 11) is 0. The SMILES string of the molecule is CCCCC(CC)COc1ccc(C2=CC(c3ccc(-c4ccccc4)cc3)=NN(c3ccc(-c4ccccc4)cc3)N2)c(O)c1. The monoisotopic (exact) mass is 607 g/mol. The van der Waals surface area contributed by atoms with E-state index in [1.807, 2.05) is 54.6 Å². The van der Waals surface area contributed by atoms with Gasteiger partial charge in [0, 0.05) is 17.2 Å². The molecule has 5 heteroatoms. The molecule has 1 heterocycles. The normalized spacial score (nSPS) is 13.4. The van der Waals surface area contributed by atoms with Gasteiger partial charge in [-0.25, -0.2) is 0 Å². The number of phenols is 1. The van der Waals surface area contributed by atoms with Gasteiger partial charge in [-0.2, -0.15) is 10.2 Å². The van der Waals surface area contributed by atoms with Crippen LogP contribution in [0.25, 0.3) is 28.0 Å². The van der Waals surface area contributed by atoms with Crippen LogP contribution in [-0.4, -0.2) is 17.4 Å². The standard InChI is InChI=1S/C41H41N3O2/c1-3-5-12-30(4-2)29-46-37-25-26-38(41(45)27-37)40-28-39(35-19-17-33(18-20-35)31-13-8-6-9-14-31)42-44(43-40)36-23-21-34(22-24-36)32-15-10-7-11-16-32/h6-11,13-28,30,43,45H,3-5,12,29H2,1-2H3. The first-order valence-corrected chi connectivity index (χ1v) is 16.3. The molecule has 0 amide bonds. The Hall–Kier alpha value is -5.29. The summed E-state index contributed by atoms with van der Waals surface area (Å²) in [6, 6.07) is 43.0. The van der Waals surface area contributed by atoms with Gasteiger partial charge < -0.3 is 9.84 Å². The van der Waals surface area contributed by atoms with Gasteiger partial charge in [0.05, 0.1) is 23.7 Å². The van der Waals surface area contributed by atoms with Crippen molar-refractivity contribution in [2.45, 2.75) is 39.5 Å². The van der Waals surface area contributed by atoms with E-state index in [9.17, 15) is 5.11 Å². The van der Waals surface area contributed by atoms with Crippen molar-refractivity contribution in [1.82, 2.24) is 5.43 Å². The highest BCUT2D eigenvalue weighted by Crippen LogP contribution is 2.32. The maximum absolute atomic E-state index is 11.2. The van der Waals surface area contributed by atoms with Gasteiger partial charge >= 0.3 is 0 Å². The van der Waals surface area contributed by atoms with Crippen LogP contribution >= 0.6 is 0 Å². The molecule has 1 aliphatic heterocycles. The molecule has 0 aliphatic carbocycles. The largest absolute Gasteiger partial charge is 0.507 e. The van der Waals surface area contributed by atoms with Crippen molar-refractivity contribution in [2.24, 2.45) is 11.0 Å². The lowest BCUT2D eigenvalue weighted by Gasteiger charge is -2.28. The Kier molecular flexibility index (Phi) is 9.79. The van der Waals surface area contributed by atoms with Crippen LogP contribution in [0.15, 0.2) is 139 Å². The molecule has 1 aliphatic rings. The number of hydrazone groups is 1. The van der Waals surface area contributed by atoms with E-state index < -0.39 is 0 Å². The van der Waals surface area contributed by atoms with E-state index in [2.05, 4.69) is 92.1 Å². The summed E-state index contributed by atoms with van der Waals surface area (Å²) in [6.45, 7) is 5.08. The maximum Gasteiger partial charge on any atom is 0.128 e. The average Bonchev–Trinajstić information content (AvgIpc) is 3.12. The number of unbranched alkanes of at least 4 members (excludes halogenated alkanes) is 1. The predicted molar refractivity (Wildman–Crippen MR) is 191 cm³/mol. The molecule has 1 unspecified atom stereocenters. The van der Waals surface area contributed by atoms with Crippen LogP contribution in [0.3, 0.4) is 0 Å². The molecule has 0 radical (unpaired) electrons. The summed E-state index contributed by atoms with van der Waals surface area (Å²) in [4.78, 5) is 0. The second-order valence-electron chi connectivity index (χ2n) is 11.7. The molecule has 0 bridgehead atoms. The first kappa shape index (κ1) is 30.7. The molecular formula is C41H41N3O2. The van der Waals surface area contributed by atoms with E-state index in [0.717, 1.165) is 52.2 Å². The highest BCUT2D eigenvalue weighted by Gasteiger charge is 2.20. The van der Waals surface area contributed by atoms with E-state index in [1.165, 1.54) is 18.4 Å². The topological polar surface area (TPSA) is 57.1 Å². The van der Waals surface area contributed by atoms with E-state index in [-0.39, 0.29) is 5.75 Å². The molecule has 6 rings (SSSR count). The Morgan fingerprint density at radius 3 is 1.89 bits per heavy atom. The van der Waals surface area contributed by atoms with E-state index in [0.29, 0.717) is 23.8 Å². The van der Waals surface area contributed by atoms with Gasteiger partial charge in [-0.3, -0.25) is 5.43 Å². The fourth-order valence-corrected chi connectivity index (χ4v) is 5.68. The van der Waals surface area contributed by atoms with Gasteiger partial charge in [-0.1, -0.05) is 130 Å². The van der Waals surface area contributed by atoms with E-state index >= 15 is 0 Å². The summed E-state index contributed by atoms with van der Waals surface area (Å²) in [5.41, 5.74) is 12.1. The molecule has 5 aromatic rings. The predicted octanol–water partition coefficient (Wildman–Crippen LogP) is 10.1. The molecular weight excluding hydrogens is 566 g/mol. The summed E-state index contributed by atoms with van der Waals surface area (Å²) < 4.78 is 6.12. The van der Waals surface area contributed by atoms with Crippen molar-refractivity contribution in [3.63, 3.8) is 0 Å². The van der Waals surface area contributed by atoms with Crippen LogP contribution in [0.2, 0.25) is 0 Å². The second-order valence-corrected chi connectivity index (χ2v) is 11.7. The Labute approximate surface area is 272 Å².